The molecule has 94 valence electrons. The summed E-state index contributed by atoms with van der Waals surface area (Å²) in [4.78, 5) is 11.7. The normalized spacial score (nSPS) is 10.5. The number of carbonyl (C=O) groups excluding carboxylic acids is 1. The number of ketones is 1. The SMILES string of the molecule is CCc1ccc(C(=O)COCCCOC)cc1. The Hall–Kier alpha value is -1.19. The summed E-state index contributed by atoms with van der Waals surface area (Å²) in [5.74, 6) is 0.0325. The van der Waals surface area contributed by atoms with Gasteiger partial charge in [0.15, 0.2) is 5.78 Å². The van der Waals surface area contributed by atoms with Crippen LogP contribution < -0.4 is 0 Å². The van der Waals surface area contributed by atoms with Gasteiger partial charge < -0.3 is 9.47 Å². The molecule has 0 spiro atoms. The minimum absolute atomic E-state index is 0.0325. The molecule has 0 aliphatic carbocycles. The Kier molecular flexibility index (Phi) is 6.51. The minimum Gasteiger partial charge on any atom is -0.385 e. The smallest absolute Gasteiger partial charge is 0.188 e. The van der Waals surface area contributed by atoms with Crippen molar-refractivity contribution in [1.29, 1.82) is 0 Å². The van der Waals surface area contributed by atoms with E-state index in [-0.39, 0.29) is 12.4 Å². The van der Waals surface area contributed by atoms with Crippen LogP contribution in [0, 0.1) is 0 Å². The van der Waals surface area contributed by atoms with Gasteiger partial charge >= 0.3 is 0 Å². The lowest BCUT2D eigenvalue weighted by Crippen LogP contribution is -2.10. The monoisotopic (exact) mass is 236 g/mol. The number of Topliss-reactive ketones (excluding diaryl/α,β-unsaturated/α-hetero) is 1. The molecule has 0 aliphatic heterocycles. The van der Waals surface area contributed by atoms with Gasteiger partial charge in [-0.3, -0.25) is 4.79 Å². The van der Waals surface area contributed by atoms with E-state index >= 15 is 0 Å². The Labute approximate surface area is 103 Å². The first-order chi connectivity index (χ1) is 8.27. The third-order valence-corrected chi connectivity index (χ3v) is 2.55. The van der Waals surface area contributed by atoms with Crippen molar-refractivity contribution in [1.82, 2.24) is 0 Å². The maximum Gasteiger partial charge on any atom is 0.188 e. The molecule has 3 heteroatoms. The molecule has 0 atom stereocenters. The van der Waals surface area contributed by atoms with Crippen LogP contribution in [0.15, 0.2) is 24.3 Å². The third kappa shape index (κ3) is 5.11. The zero-order valence-corrected chi connectivity index (χ0v) is 10.6. The lowest BCUT2D eigenvalue weighted by atomic mass is 10.1. The molecule has 3 nitrogen and oxygen atoms in total. The Morgan fingerprint density at radius 1 is 1.18 bits per heavy atom. The molecule has 0 fully saturated rings. The van der Waals surface area contributed by atoms with Crippen molar-refractivity contribution in [3.63, 3.8) is 0 Å². The van der Waals surface area contributed by atoms with Gasteiger partial charge in [0.25, 0.3) is 0 Å². The maximum atomic E-state index is 11.7. The van der Waals surface area contributed by atoms with Crippen LogP contribution in [-0.2, 0) is 15.9 Å². The Bertz CT molecular complexity index is 330. The first kappa shape index (κ1) is 13.9. The number of carbonyl (C=O) groups is 1. The van der Waals surface area contributed by atoms with Crippen molar-refractivity contribution >= 4 is 5.78 Å². The van der Waals surface area contributed by atoms with Crippen LogP contribution in [0.4, 0.5) is 0 Å². The molecule has 0 heterocycles. The fourth-order valence-electron chi connectivity index (χ4n) is 1.48. The second-order valence-corrected chi connectivity index (χ2v) is 3.87. The van der Waals surface area contributed by atoms with E-state index in [0.717, 1.165) is 12.8 Å². The average molecular weight is 236 g/mol. The van der Waals surface area contributed by atoms with E-state index in [2.05, 4.69) is 6.92 Å². The van der Waals surface area contributed by atoms with E-state index in [1.807, 2.05) is 24.3 Å². The molecule has 0 saturated heterocycles. The average Bonchev–Trinajstić information content (AvgIpc) is 2.38. The molecule has 0 bridgehead atoms. The Morgan fingerprint density at radius 3 is 2.47 bits per heavy atom. The standard InChI is InChI=1S/C14H20O3/c1-3-12-5-7-13(8-6-12)14(15)11-17-10-4-9-16-2/h5-8H,3-4,9-11H2,1-2H3. The van der Waals surface area contributed by atoms with Crippen LogP contribution in [-0.4, -0.2) is 32.7 Å². The van der Waals surface area contributed by atoms with E-state index in [9.17, 15) is 4.79 Å². The number of benzene rings is 1. The summed E-state index contributed by atoms with van der Waals surface area (Å²) in [6, 6.07) is 7.69. The van der Waals surface area contributed by atoms with Crippen LogP contribution in [0.3, 0.4) is 0 Å². The van der Waals surface area contributed by atoms with Gasteiger partial charge in [-0.15, -0.1) is 0 Å². The number of hydrogen-bond acceptors (Lipinski definition) is 3. The molecule has 1 rings (SSSR count). The highest BCUT2D eigenvalue weighted by molar-refractivity contribution is 5.97. The topological polar surface area (TPSA) is 35.5 Å². The van der Waals surface area contributed by atoms with E-state index in [4.69, 9.17) is 9.47 Å². The maximum absolute atomic E-state index is 11.7. The lowest BCUT2D eigenvalue weighted by Gasteiger charge is -2.04. The van der Waals surface area contributed by atoms with Gasteiger partial charge in [0, 0.05) is 25.9 Å². The molecule has 0 unspecified atom stereocenters. The summed E-state index contributed by atoms with van der Waals surface area (Å²) in [5, 5.41) is 0. The fraction of sp³-hybridized carbons (Fsp3) is 0.500. The zero-order chi connectivity index (χ0) is 12.5. The van der Waals surface area contributed by atoms with Crippen molar-refractivity contribution in [2.45, 2.75) is 19.8 Å². The van der Waals surface area contributed by atoms with Gasteiger partial charge in [-0.05, 0) is 18.4 Å². The molecule has 1 aromatic carbocycles. The van der Waals surface area contributed by atoms with Gasteiger partial charge in [0.2, 0.25) is 0 Å². The van der Waals surface area contributed by atoms with E-state index in [0.29, 0.717) is 18.8 Å². The van der Waals surface area contributed by atoms with Crippen molar-refractivity contribution in [3.8, 4) is 0 Å². The lowest BCUT2D eigenvalue weighted by molar-refractivity contribution is 0.0705. The molecule has 1 aromatic rings. The summed E-state index contributed by atoms with van der Waals surface area (Å²) in [6.45, 7) is 3.47. The highest BCUT2D eigenvalue weighted by atomic mass is 16.5. The second-order valence-electron chi connectivity index (χ2n) is 3.87. The first-order valence-electron chi connectivity index (χ1n) is 5.96. The fourth-order valence-corrected chi connectivity index (χ4v) is 1.48. The molecular formula is C14H20O3. The summed E-state index contributed by atoms with van der Waals surface area (Å²) < 4.78 is 10.2. The van der Waals surface area contributed by atoms with Crippen molar-refractivity contribution < 1.29 is 14.3 Å². The second kappa shape index (κ2) is 7.98. The van der Waals surface area contributed by atoms with Gasteiger partial charge in [0.1, 0.15) is 6.61 Å². The third-order valence-electron chi connectivity index (χ3n) is 2.55. The van der Waals surface area contributed by atoms with E-state index in [1.165, 1.54) is 5.56 Å². The van der Waals surface area contributed by atoms with Gasteiger partial charge in [-0.1, -0.05) is 31.2 Å². The predicted molar refractivity (Wildman–Crippen MR) is 67.5 cm³/mol. The number of hydrogen-bond donors (Lipinski definition) is 0. The van der Waals surface area contributed by atoms with Crippen LogP contribution in [0.1, 0.15) is 29.3 Å². The van der Waals surface area contributed by atoms with Crippen LogP contribution in [0.25, 0.3) is 0 Å². The molecule has 0 amide bonds. The van der Waals surface area contributed by atoms with Crippen molar-refractivity contribution in [2.75, 3.05) is 26.9 Å². The molecule has 0 radical (unpaired) electrons. The first-order valence-corrected chi connectivity index (χ1v) is 5.96. The van der Waals surface area contributed by atoms with E-state index in [1.54, 1.807) is 7.11 Å². The molecule has 0 N–H and O–H groups in total. The molecule has 0 saturated carbocycles. The van der Waals surface area contributed by atoms with Crippen molar-refractivity contribution in [2.24, 2.45) is 0 Å². The van der Waals surface area contributed by atoms with E-state index < -0.39 is 0 Å². The van der Waals surface area contributed by atoms with Gasteiger partial charge in [-0.25, -0.2) is 0 Å². The summed E-state index contributed by atoms with van der Waals surface area (Å²) >= 11 is 0. The Balaban J connectivity index is 2.31. The predicted octanol–water partition coefficient (Wildman–Crippen LogP) is 2.48. The number of aryl methyl sites for hydroxylation is 1. The molecule has 0 aliphatic rings. The molecule has 0 aromatic heterocycles. The number of methoxy groups -OCH3 is 1. The number of ether oxygens (including phenoxy) is 2. The highest BCUT2D eigenvalue weighted by Crippen LogP contribution is 2.06. The van der Waals surface area contributed by atoms with Crippen molar-refractivity contribution in [3.05, 3.63) is 35.4 Å². The van der Waals surface area contributed by atoms with Gasteiger partial charge in [0.05, 0.1) is 0 Å². The largest absolute Gasteiger partial charge is 0.385 e. The minimum atomic E-state index is 0.0325. The summed E-state index contributed by atoms with van der Waals surface area (Å²) in [5.41, 5.74) is 1.96. The van der Waals surface area contributed by atoms with Crippen LogP contribution >= 0.6 is 0 Å². The zero-order valence-electron chi connectivity index (χ0n) is 10.6. The number of rotatable bonds is 8. The highest BCUT2D eigenvalue weighted by Gasteiger charge is 2.05. The Morgan fingerprint density at radius 2 is 1.88 bits per heavy atom. The van der Waals surface area contributed by atoms with Crippen LogP contribution in [0.2, 0.25) is 0 Å². The van der Waals surface area contributed by atoms with Gasteiger partial charge in [-0.2, -0.15) is 0 Å². The molecular weight excluding hydrogens is 216 g/mol. The summed E-state index contributed by atoms with van der Waals surface area (Å²) in [6.07, 6.45) is 1.81. The summed E-state index contributed by atoms with van der Waals surface area (Å²) in [7, 11) is 1.65. The molecule has 17 heavy (non-hydrogen) atoms. The quantitative estimate of drug-likeness (QED) is 0.514. The van der Waals surface area contributed by atoms with Crippen LogP contribution in [0.5, 0.6) is 0 Å².